The number of aromatic nitrogens is 3. The van der Waals surface area contributed by atoms with Gasteiger partial charge in [-0.05, 0) is 30.2 Å². The molecule has 18 heteroatoms. The lowest BCUT2D eigenvalue weighted by atomic mass is 10.1. The Morgan fingerprint density at radius 1 is 0.867 bits per heavy atom. The number of carbonyl (C=O) groups is 4. The number of anilines is 1. The van der Waals surface area contributed by atoms with E-state index < -0.39 is 6.04 Å². The molecule has 2 N–H and O–H groups in total. The van der Waals surface area contributed by atoms with Crippen LogP contribution in [-0.2, 0) is 59.6 Å². The fraction of sp³-hybridized carbons (Fsp3) is 0.429. The van der Waals surface area contributed by atoms with Gasteiger partial charge < -0.3 is 47.9 Å². The van der Waals surface area contributed by atoms with Crippen LogP contribution in [0, 0.1) is 0 Å². The molecule has 5 heterocycles. The maximum Gasteiger partial charge on any atom is 0.305 e. The van der Waals surface area contributed by atoms with Gasteiger partial charge in [0.1, 0.15) is 17.6 Å². The Morgan fingerprint density at radius 3 is 2.17 bits per heavy atom. The van der Waals surface area contributed by atoms with Crippen LogP contribution in [0.4, 0.5) is 5.69 Å². The summed E-state index contributed by atoms with van der Waals surface area (Å²) in [5, 5.41) is 7.50. The molecule has 0 aliphatic carbocycles. The number of nitrogens with zero attached hydrogens (tertiary/aromatic N) is 4. The number of aryl methyl sites for hydroxylation is 3. The normalized spacial score (nSPS) is 18.6. The number of halogens is 2. The summed E-state index contributed by atoms with van der Waals surface area (Å²) < 4.78 is 33.5. The summed E-state index contributed by atoms with van der Waals surface area (Å²) in [7, 11) is 7.87. The Morgan fingerprint density at radius 2 is 1.52 bits per heavy atom. The molecule has 320 valence electrons. The summed E-state index contributed by atoms with van der Waals surface area (Å²) in [4.78, 5) is 59.4. The van der Waals surface area contributed by atoms with Gasteiger partial charge in [-0.15, -0.1) is 0 Å². The summed E-state index contributed by atoms with van der Waals surface area (Å²) in [5.41, 5.74) is 2.29. The topological polar surface area (TPSA) is 189 Å². The second kappa shape index (κ2) is 20.3. The minimum Gasteiger partial charge on any atom is -0.469 e. The van der Waals surface area contributed by atoms with Crippen LogP contribution in [0.25, 0.3) is 10.9 Å². The molecule has 4 atom stereocenters. The van der Waals surface area contributed by atoms with E-state index in [1.54, 1.807) is 49.8 Å². The largest absolute Gasteiger partial charge is 0.469 e. The molecule has 0 saturated carbocycles. The first-order chi connectivity index (χ1) is 28.9. The van der Waals surface area contributed by atoms with Crippen LogP contribution in [0.1, 0.15) is 77.0 Å². The Balaban J connectivity index is 0.000000279. The zero-order valence-electron chi connectivity index (χ0n) is 34.0. The van der Waals surface area contributed by atoms with Gasteiger partial charge in [-0.2, -0.15) is 0 Å². The predicted molar refractivity (Wildman–Crippen MR) is 221 cm³/mol. The van der Waals surface area contributed by atoms with Gasteiger partial charge in [0, 0.05) is 75.7 Å². The van der Waals surface area contributed by atoms with Crippen LogP contribution in [-0.4, -0.2) is 96.9 Å². The van der Waals surface area contributed by atoms with Crippen LogP contribution in [0.3, 0.4) is 0 Å². The van der Waals surface area contributed by atoms with Crippen molar-refractivity contribution in [1.29, 1.82) is 0 Å². The van der Waals surface area contributed by atoms with E-state index in [0.29, 0.717) is 77.4 Å². The van der Waals surface area contributed by atoms with E-state index in [1.165, 1.54) is 14.2 Å². The quantitative estimate of drug-likeness (QED) is 0.120. The van der Waals surface area contributed by atoms with E-state index in [4.69, 9.17) is 41.5 Å². The number of hydrogen-bond donors (Lipinski definition) is 2. The molecule has 2 aromatic carbocycles. The van der Waals surface area contributed by atoms with Gasteiger partial charge >= 0.3 is 11.9 Å². The fourth-order valence-corrected chi connectivity index (χ4v) is 7.66. The minimum absolute atomic E-state index is 0.0288. The average molecular weight is 868 g/mol. The van der Waals surface area contributed by atoms with Crippen molar-refractivity contribution in [2.24, 2.45) is 7.05 Å². The number of carbonyl (C=O) groups excluding carboxylic acids is 4. The molecule has 16 nitrogen and oxygen atoms in total. The molecule has 2 saturated heterocycles. The van der Waals surface area contributed by atoms with E-state index >= 15 is 0 Å². The molecule has 3 aromatic heterocycles. The monoisotopic (exact) mass is 866 g/mol. The van der Waals surface area contributed by atoms with Crippen molar-refractivity contribution in [3.63, 3.8) is 0 Å². The van der Waals surface area contributed by atoms with E-state index in [1.807, 2.05) is 35.9 Å². The number of ether oxygens (including phenoxy) is 4. The van der Waals surface area contributed by atoms with Crippen molar-refractivity contribution in [1.82, 2.24) is 24.8 Å². The van der Waals surface area contributed by atoms with Gasteiger partial charge in [-0.25, -0.2) is 9.97 Å². The molecule has 0 spiro atoms. The number of amides is 2. The number of nitrogens with one attached hydrogen (secondary N) is 2. The molecule has 2 aliphatic heterocycles. The Bertz CT molecular complexity index is 2310. The van der Waals surface area contributed by atoms with Crippen LogP contribution in [0.5, 0.6) is 0 Å². The predicted octanol–water partition coefficient (Wildman–Crippen LogP) is 6.19. The number of likely N-dealkylation sites (tertiary alicyclic amines) is 1. The van der Waals surface area contributed by atoms with E-state index in [0.717, 1.165) is 23.9 Å². The van der Waals surface area contributed by atoms with Gasteiger partial charge in [0.25, 0.3) is 5.91 Å². The zero-order valence-corrected chi connectivity index (χ0v) is 35.5. The van der Waals surface area contributed by atoms with Gasteiger partial charge in [0.2, 0.25) is 17.7 Å². The summed E-state index contributed by atoms with van der Waals surface area (Å²) in [5.74, 6) is 1.15. The number of hydrogen-bond acceptors (Lipinski definition) is 13. The SMILES string of the molecule is COC(=O)CCc1cnc([C@@H]2C[C@H](OC)CN2)o1.COC(=O)CCc1cnc([C@@H]2C[C@H](OC)CN2C(=O)Cc2cc(Cl)c(NC(=O)c3cn(C)c4ccccc34)cc2Cl)o1. The molecular formula is C42H48Cl2N6O10. The van der Waals surface area contributed by atoms with Crippen LogP contribution >= 0.6 is 23.2 Å². The van der Waals surface area contributed by atoms with Gasteiger partial charge in [-0.1, -0.05) is 41.4 Å². The summed E-state index contributed by atoms with van der Waals surface area (Å²) in [6.45, 7) is 1.16. The minimum atomic E-state index is -0.442. The summed E-state index contributed by atoms with van der Waals surface area (Å²) in [6, 6.07) is 10.4. The number of oxazole rings is 2. The second-order valence-electron chi connectivity index (χ2n) is 14.4. The average Bonchev–Trinajstić information content (AvgIpc) is 4.11. The first-order valence-corrected chi connectivity index (χ1v) is 20.1. The molecule has 0 unspecified atom stereocenters. The highest BCUT2D eigenvalue weighted by Crippen LogP contribution is 2.36. The fourth-order valence-electron chi connectivity index (χ4n) is 7.19. The van der Waals surface area contributed by atoms with Gasteiger partial charge in [0.15, 0.2) is 0 Å². The molecule has 2 fully saturated rings. The maximum absolute atomic E-state index is 13.5. The number of benzene rings is 2. The van der Waals surface area contributed by atoms with Crippen molar-refractivity contribution >= 4 is 63.5 Å². The van der Waals surface area contributed by atoms with Crippen molar-refractivity contribution in [2.45, 2.75) is 69.2 Å². The summed E-state index contributed by atoms with van der Waals surface area (Å²) in [6.07, 6.45) is 7.66. The van der Waals surface area contributed by atoms with Crippen molar-refractivity contribution in [3.05, 3.63) is 99.5 Å². The lowest BCUT2D eigenvalue weighted by Crippen LogP contribution is -2.33. The van der Waals surface area contributed by atoms with Crippen molar-refractivity contribution in [2.75, 3.05) is 46.8 Å². The molecule has 0 radical (unpaired) electrons. The Kier molecular flexibility index (Phi) is 15.0. The molecule has 0 bridgehead atoms. The highest BCUT2D eigenvalue weighted by atomic mass is 35.5. The van der Waals surface area contributed by atoms with Crippen LogP contribution in [0.2, 0.25) is 10.0 Å². The van der Waals surface area contributed by atoms with E-state index in [-0.39, 0.29) is 59.9 Å². The highest BCUT2D eigenvalue weighted by Gasteiger charge is 2.39. The van der Waals surface area contributed by atoms with Gasteiger partial charge in [0.05, 0.1) is 80.4 Å². The first-order valence-electron chi connectivity index (χ1n) is 19.4. The van der Waals surface area contributed by atoms with Crippen LogP contribution < -0.4 is 10.6 Å². The van der Waals surface area contributed by atoms with E-state index in [9.17, 15) is 19.2 Å². The maximum atomic E-state index is 13.5. The number of fused-ring (bicyclic) bond motifs is 1. The lowest BCUT2D eigenvalue weighted by molar-refractivity contribution is -0.141. The Hall–Kier alpha value is -5.26. The first kappa shape index (κ1) is 44.3. The van der Waals surface area contributed by atoms with Crippen molar-refractivity contribution in [3.8, 4) is 0 Å². The molecule has 5 aromatic rings. The summed E-state index contributed by atoms with van der Waals surface area (Å²) >= 11 is 13.1. The standard InChI is InChI=1S/C30H30Cl2N4O6.C12H18N2O4/c1-35-16-21(20-6-4-5-7-25(20)35)29(39)34-24-13-22(31)17(10-23(24)32)11-27(37)36-15-19(40-2)12-26(36)30-33-14-18(42-30)8-9-28(38)41-3;1-16-9-5-10(13-7-9)12-14-6-8(18-12)3-4-11(15)17-2/h4-7,10,13-14,16,19,26H,8-9,11-12,15H2,1-3H3,(H,34,39);6,9-10,13H,3-5,7H2,1-2H3/t19-,26-;9-,10-/m00/s1. The lowest BCUT2D eigenvalue weighted by Gasteiger charge is -2.22. The van der Waals surface area contributed by atoms with Crippen molar-refractivity contribution < 1.29 is 47.0 Å². The molecular weight excluding hydrogens is 819 g/mol. The van der Waals surface area contributed by atoms with Gasteiger partial charge in [-0.3, -0.25) is 19.2 Å². The highest BCUT2D eigenvalue weighted by molar-refractivity contribution is 6.36. The molecule has 2 aliphatic rings. The number of rotatable bonds is 14. The van der Waals surface area contributed by atoms with Crippen LogP contribution in [0.15, 0.2) is 63.8 Å². The van der Waals surface area contributed by atoms with E-state index in [2.05, 4.69) is 30.1 Å². The number of para-hydroxylation sites is 1. The molecule has 7 rings (SSSR count). The third kappa shape index (κ3) is 10.7. The second-order valence-corrected chi connectivity index (χ2v) is 15.2. The third-order valence-corrected chi connectivity index (χ3v) is 11.2. The number of methoxy groups -OCH3 is 4. The number of esters is 2. The zero-order chi connectivity index (χ0) is 42.9. The smallest absolute Gasteiger partial charge is 0.305 e. The Labute approximate surface area is 356 Å². The third-order valence-electron chi connectivity index (χ3n) is 10.5. The molecule has 2 amide bonds. The molecule has 60 heavy (non-hydrogen) atoms.